The SMILES string of the molecule is CCNC(=O)C1(Cc2ccccc2-c2cccc(F)c2)CCN(Cc2ccccn2)CC1. The summed E-state index contributed by atoms with van der Waals surface area (Å²) >= 11 is 0. The van der Waals surface area contributed by atoms with Crippen molar-refractivity contribution in [3.8, 4) is 11.1 Å². The molecule has 0 saturated carbocycles. The highest BCUT2D eigenvalue weighted by Crippen LogP contribution is 2.38. The van der Waals surface area contributed by atoms with Crippen LogP contribution in [-0.2, 0) is 17.8 Å². The molecular weight excluding hydrogens is 401 g/mol. The van der Waals surface area contributed by atoms with Gasteiger partial charge in [0, 0.05) is 19.3 Å². The lowest BCUT2D eigenvalue weighted by molar-refractivity contribution is -0.134. The van der Waals surface area contributed by atoms with E-state index in [-0.39, 0.29) is 11.7 Å². The van der Waals surface area contributed by atoms with Crippen LogP contribution in [0.1, 0.15) is 31.0 Å². The van der Waals surface area contributed by atoms with E-state index in [0.29, 0.717) is 13.0 Å². The molecule has 166 valence electrons. The fourth-order valence-electron chi connectivity index (χ4n) is 4.67. The number of pyridine rings is 1. The fraction of sp³-hybridized carbons (Fsp3) is 0.333. The molecule has 0 radical (unpaired) electrons. The number of benzene rings is 2. The highest BCUT2D eigenvalue weighted by atomic mass is 19.1. The highest BCUT2D eigenvalue weighted by Gasteiger charge is 2.41. The van der Waals surface area contributed by atoms with Crippen LogP contribution in [0.5, 0.6) is 0 Å². The molecule has 2 heterocycles. The van der Waals surface area contributed by atoms with E-state index >= 15 is 0 Å². The zero-order valence-electron chi connectivity index (χ0n) is 18.6. The largest absolute Gasteiger partial charge is 0.356 e. The summed E-state index contributed by atoms with van der Waals surface area (Å²) in [6.45, 7) is 5.06. The number of carbonyl (C=O) groups is 1. The summed E-state index contributed by atoms with van der Waals surface area (Å²) in [7, 11) is 0. The molecule has 5 heteroatoms. The normalized spacial score (nSPS) is 15.9. The molecule has 0 aliphatic carbocycles. The molecule has 0 atom stereocenters. The Kier molecular flexibility index (Phi) is 6.96. The molecule has 1 aliphatic rings. The zero-order valence-corrected chi connectivity index (χ0v) is 18.6. The third-order valence-corrected chi connectivity index (χ3v) is 6.43. The number of nitrogens with zero attached hydrogens (tertiary/aromatic N) is 2. The van der Waals surface area contributed by atoms with Crippen molar-refractivity contribution in [2.45, 2.75) is 32.7 Å². The summed E-state index contributed by atoms with van der Waals surface area (Å²) in [6.07, 6.45) is 4.02. The average molecular weight is 432 g/mol. The van der Waals surface area contributed by atoms with E-state index in [9.17, 15) is 9.18 Å². The van der Waals surface area contributed by atoms with Gasteiger partial charge in [-0.05, 0) is 80.2 Å². The number of amides is 1. The first-order valence-electron chi connectivity index (χ1n) is 11.3. The topological polar surface area (TPSA) is 45.2 Å². The van der Waals surface area contributed by atoms with Crippen molar-refractivity contribution in [2.24, 2.45) is 5.41 Å². The molecule has 1 aromatic heterocycles. The van der Waals surface area contributed by atoms with Gasteiger partial charge in [0.05, 0.1) is 11.1 Å². The number of aromatic nitrogens is 1. The lowest BCUT2D eigenvalue weighted by Gasteiger charge is -2.41. The Balaban J connectivity index is 1.57. The van der Waals surface area contributed by atoms with Crippen LogP contribution in [0.4, 0.5) is 4.39 Å². The van der Waals surface area contributed by atoms with E-state index in [1.807, 2.05) is 55.6 Å². The molecule has 32 heavy (non-hydrogen) atoms. The molecule has 4 nitrogen and oxygen atoms in total. The predicted molar refractivity (Wildman–Crippen MR) is 125 cm³/mol. The first-order chi connectivity index (χ1) is 15.6. The lowest BCUT2D eigenvalue weighted by Crippen LogP contribution is -2.50. The third kappa shape index (κ3) is 5.05. The second kappa shape index (κ2) is 10.0. The van der Waals surface area contributed by atoms with Crippen LogP contribution >= 0.6 is 0 Å². The van der Waals surface area contributed by atoms with Crippen LogP contribution < -0.4 is 5.32 Å². The van der Waals surface area contributed by atoms with Crippen LogP contribution in [-0.4, -0.2) is 35.4 Å². The second-order valence-electron chi connectivity index (χ2n) is 8.58. The summed E-state index contributed by atoms with van der Waals surface area (Å²) in [6, 6.07) is 20.7. The van der Waals surface area contributed by atoms with Crippen molar-refractivity contribution in [3.63, 3.8) is 0 Å². The number of nitrogens with one attached hydrogen (secondary N) is 1. The van der Waals surface area contributed by atoms with Crippen molar-refractivity contribution < 1.29 is 9.18 Å². The van der Waals surface area contributed by atoms with E-state index in [4.69, 9.17) is 0 Å². The third-order valence-electron chi connectivity index (χ3n) is 6.43. The molecule has 4 rings (SSSR count). The Labute approximate surface area is 189 Å². The van der Waals surface area contributed by atoms with Gasteiger partial charge in [0.1, 0.15) is 5.82 Å². The maximum Gasteiger partial charge on any atom is 0.226 e. The van der Waals surface area contributed by atoms with Gasteiger partial charge in [-0.3, -0.25) is 14.7 Å². The Bertz CT molecular complexity index is 1050. The van der Waals surface area contributed by atoms with Crippen molar-refractivity contribution in [1.29, 1.82) is 0 Å². The van der Waals surface area contributed by atoms with Crippen LogP contribution in [0, 0.1) is 11.2 Å². The van der Waals surface area contributed by atoms with Crippen molar-refractivity contribution in [2.75, 3.05) is 19.6 Å². The van der Waals surface area contributed by atoms with Gasteiger partial charge in [0.2, 0.25) is 5.91 Å². The van der Waals surface area contributed by atoms with Crippen LogP contribution in [0.15, 0.2) is 72.9 Å². The number of halogens is 1. The number of rotatable bonds is 7. The maximum atomic E-state index is 13.9. The van der Waals surface area contributed by atoms with Gasteiger partial charge in [-0.2, -0.15) is 0 Å². The Morgan fingerprint density at radius 3 is 2.56 bits per heavy atom. The highest BCUT2D eigenvalue weighted by molar-refractivity contribution is 5.83. The second-order valence-corrected chi connectivity index (χ2v) is 8.58. The van der Waals surface area contributed by atoms with E-state index in [1.165, 1.54) is 6.07 Å². The van der Waals surface area contributed by atoms with Gasteiger partial charge in [-0.25, -0.2) is 4.39 Å². The molecule has 0 bridgehead atoms. The number of hydrogen-bond acceptors (Lipinski definition) is 3. The molecule has 0 unspecified atom stereocenters. The van der Waals surface area contributed by atoms with E-state index < -0.39 is 5.41 Å². The molecule has 0 spiro atoms. The summed E-state index contributed by atoms with van der Waals surface area (Å²) in [5.74, 6) is -0.134. The van der Waals surface area contributed by atoms with E-state index in [2.05, 4.69) is 21.3 Å². The van der Waals surface area contributed by atoms with Crippen LogP contribution in [0.2, 0.25) is 0 Å². The van der Waals surface area contributed by atoms with Crippen molar-refractivity contribution in [3.05, 3.63) is 90.0 Å². The smallest absolute Gasteiger partial charge is 0.226 e. The Hall–Kier alpha value is -3.05. The summed E-state index contributed by atoms with van der Waals surface area (Å²) in [4.78, 5) is 20.1. The predicted octanol–water partition coefficient (Wildman–Crippen LogP) is 4.85. The van der Waals surface area contributed by atoms with Crippen LogP contribution in [0.3, 0.4) is 0 Å². The Morgan fingerprint density at radius 1 is 1.06 bits per heavy atom. The molecular formula is C27H30FN3O. The molecule has 1 aliphatic heterocycles. The van der Waals surface area contributed by atoms with Gasteiger partial charge in [0.25, 0.3) is 0 Å². The van der Waals surface area contributed by atoms with Crippen molar-refractivity contribution >= 4 is 5.91 Å². The van der Waals surface area contributed by atoms with Gasteiger partial charge in [-0.15, -0.1) is 0 Å². The minimum atomic E-state index is -0.472. The Morgan fingerprint density at radius 2 is 1.84 bits per heavy atom. The van der Waals surface area contributed by atoms with Gasteiger partial charge >= 0.3 is 0 Å². The minimum Gasteiger partial charge on any atom is -0.356 e. The molecule has 1 saturated heterocycles. The van der Waals surface area contributed by atoms with Gasteiger partial charge in [-0.1, -0.05) is 42.5 Å². The summed E-state index contributed by atoms with van der Waals surface area (Å²) in [5, 5.41) is 3.08. The molecule has 1 fully saturated rings. The van der Waals surface area contributed by atoms with Gasteiger partial charge < -0.3 is 5.32 Å². The molecule has 2 aromatic carbocycles. The van der Waals surface area contributed by atoms with E-state index in [0.717, 1.165) is 54.9 Å². The summed E-state index contributed by atoms with van der Waals surface area (Å²) < 4.78 is 13.9. The standard InChI is InChI=1S/C27H30FN3O/c1-2-29-26(32)27(13-16-31(17-14-27)20-24-11-5-6-15-30-24)19-22-8-3-4-12-25(22)21-9-7-10-23(28)18-21/h3-12,15,18H,2,13-14,16-17,19-20H2,1H3,(H,29,32). The minimum absolute atomic E-state index is 0.117. The quantitative estimate of drug-likeness (QED) is 0.582. The first kappa shape index (κ1) is 22.2. The molecule has 3 aromatic rings. The number of hydrogen-bond donors (Lipinski definition) is 1. The molecule has 1 amide bonds. The molecule has 1 N–H and O–H groups in total. The van der Waals surface area contributed by atoms with Crippen LogP contribution in [0.25, 0.3) is 11.1 Å². The van der Waals surface area contributed by atoms with E-state index in [1.54, 1.807) is 12.1 Å². The number of piperidine rings is 1. The first-order valence-corrected chi connectivity index (χ1v) is 11.3. The zero-order chi connectivity index (χ0) is 22.4. The van der Waals surface area contributed by atoms with Gasteiger partial charge in [0.15, 0.2) is 0 Å². The number of carbonyl (C=O) groups excluding carboxylic acids is 1. The number of likely N-dealkylation sites (tertiary alicyclic amines) is 1. The fourth-order valence-corrected chi connectivity index (χ4v) is 4.67. The van der Waals surface area contributed by atoms with Crippen molar-refractivity contribution in [1.82, 2.24) is 15.2 Å². The monoisotopic (exact) mass is 431 g/mol. The lowest BCUT2D eigenvalue weighted by atomic mass is 9.72. The summed E-state index contributed by atoms with van der Waals surface area (Å²) in [5.41, 5.74) is 3.50. The maximum absolute atomic E-state index is 13.9. The average Bonchev–Trinajstić information content (AvgIpc) is 2.82.